The van der Waals surface area contributed by atoms with Crippen LogP contribution < -0.4 is 16.2 Å². The fraction of sp³-hybridized carbons (Fsp3) is 0.438. The van der Waals surface area contributed by atoms with Gasteiger partial charge in [-0.3, -0.25) is 0 Å². The van der Waals surface area contributed by atoms with Crippen LogP contribution in [0.1, 0.15) is 43.5 Å². The summed E-state index contributed by atoms with van der Waals surface area (Å²) in [4.78, 5) is 12.7. The smallest absolute Gasteiger partial charge is 0.225 e. The minimum Gasteiger partial charge on any atom is -0.497 e. The topological polar surface area (TPSA) is 99.9 Å². The zero-order chi connectivity index (χ0) is 15.6. The molecule has 0 amide bonds. The Bertz CT molecular complexity index is 630. The highest BCUT2D eigenvalue weighted by Crippen LogP contribution is 2.43. The van der Waals surface area contributed by atoms with Crippen molar-refractivity contribution in [3.05, 3.63) is 35.7 Å². The summed E-state index contributed by atoms with van der Waals surface area (Å²) >= 11 is 0. The van der Waals surface area contributed by atoms with Gasteiger partial charge in [-0.1, -0.05) is 31.4 Å². The molecule has 0 bridgehead atoms. The van der Waals surface area contributed by atoms with Crippen LogP contribution in [0.3, 0.4) is 0 Å². The molecule has 0 radical (unpaired) electrons. The fourth-order valence-corrected chi connectivity index (χ4v) is 3.33. The number of rotatable bonds is 3. The van der Waals surface area contributed by atoms with Gasteiger partial charge in [-0.25, -0.2) is 0 Å². The number of ether oxygens (including phenoxy) is 1. The Kier molecular flexibility index (Phi) is 3.83. The van der Waals surface area contributed by atoms with Crippen LogP contribution in [0.15, 0.2) is 24.3 Å². The average Bonchev–Trinajstić information content (AvgIpc) is 2.55. The summed E-state index contributed by atoms with van der Waals surface area (Å²) in [6.07, 6.45) is 5.48. The van der Waals surface area contributed by atoms with Crippen LogP contribution in [0.25, 0.3) is 0 Å². The zero-order valence-corrected chi connectivity index (χ0v) is 12.7. The number of hydrogen-bond donors (Lipinski definition) is 2. The third-order valence-corrected chi connectivity index (χ3v) is 4.45. The van der Waals surface area contributed by atoms with Crippen LogP contribution in [-0.4, -0.2) is 22.1 Å². The number of benzene rings is 1. The summed E-state index contributed by atoms with van der Waals surface area (Å²) in [6.45, 7) is 0. The van der Waals surface area contributed by atoms with Crippen molar-refractivity contribution < 1.29 is 4.74 Å². The molecule has 4 N–H and O–H groups in total. The predicted octanol–water partition coefficient (Wildman–Crippen LogP) is 2.29. The molecule has 0 atom stereocenters. The van der Waals surface area contributed by atoms with E-state index in [1.807, 2.05) is 12.1 Å². The molecule has 1 aliphatic rings. The van der Waals surface area contributed by atoms with Crippen LogP contribution in [-0.2, 0) is 5.41 Å². The number of anilines is 2. The zero-order valence-electron chi connectivity index (χ0n) is 12.7. The Labute approximate surface area is 129 Å². The number of nitrogen functional groups attached to an aromatic ring is 2. The first-order valence-corrected chi connectivity index (χ1v) is 7.56. The molecule has 6 nitrogen and oxygen atoms in total. The van der Waals surface area contributed by atoms with Crippen LogP contribution in [0.2, 0.25) is 0 Å². The van der Waals surface area contributed by atoms with Crippen molar-refractivity contribution >= 4 is 11.9 Å². The van der Waals surface area contributed by atoms with E-state index in [1.165, 1.54) is 12.0 Å². The lowest BCUT2D eigenvalue weighted by Gasteiger charge is -2.36. The van der Waals surface area contributed by atoms with E-state index in [1.54, 1.807) is 7.11 Å². The number of nitrogens with two attached hydrogens (primary N) is 2. The molecule has 1 aromatic heterocycles. The molecular formula is C16H21N5O. The van der Waals surface area contributed by atoms with Crippen LogP contribution in [0, 0.1) is 0 Å². The number of methoxy groups -OCH3 is 1. The summed E-state index contributed by atoms with van der Waals surface area (Å²) in [5.74, 6) is 1.88. The van der Waals surface area contributed by atoms with Gasteiger partial charge >= 0.3 is 0 Å². The molecule has 1 aromatic carbocycles. The molecule has 0 saturated heterocycles. The molecule has 116 valence electrons. The lowest BCUT2D eigenvalue weighted by atomic mass is 9.69. The van der Waals surface area contributed by atoms with E-state index in [0.29, 0.717) is 5.82 Å². The summed E-state index contributed by atoms with van der Waals surface area (Å²) in [5, 5.41) is 0. The molecule has 1 fully saturated rings. The second kappa shape index (κ2) is 5.79. The second-order valence-electron chi connectivity index (χ2n) is 5.75. The molecule has 0 aliphatic heterocycles. The monoisotopic (exact) mass is 299 g/mol. The number of aromatic nitrogens is 3. The van der Waals surface area contributed by atoms with Crippen LogP contribution in [0.4, 0.5) is 11.9 Å². The molecule has 1 aliphatic carbocycles. The highest BCUT2D eigenvalue weighted by Gasteiger charge is 2.39. The SMILES string of the molecule is COc1ccc(C2(c3nc(N)nc(N)n3)CCCCC2)cc1. The third kappa shape index (κ3) is 2.56. The molecule has 6 heteroatoms. The van der Waals surface area contributed by atoms with Crippen molar-refractivity contribution in [1.82, 2.24) is 15.0 Å². The maximum Gasteiger partial charge on any atom is 0.225 e. The van der Waals surface area contributed by atoms with E-state index in [0.717, 1.165) is 31.4 Å². The van der Waals surface area contributed by atoms with Crippen molar-refractivity contribution in [3.63, 3.8) is 0 Å². The van der Waals surface area contributed by atoms with Crippen molar-refractivity contribution in [2.24, 2.45) is 0 Å². The van der Waals surface area contributed by atoms with Gasteiger partial charge in [0.15, 0.2) is 0 Å². The largest absolute Gasteiger partial charge is 0.497 e. The van der Waals surface area contributed by atoms with Gasteiger partial charge in [0.05, 0.1) is 12.5 Å². The Hall–Kier alpha value is -2.37. The molecule has 0 unspecified atom stereocenters. The summed E-state index contributed by atoms with van der Waals surface area (Å²) < 4.78 is 5.25. The molecule has 22 heavy (non-hydrogen) atoms. The maximum atomic E-state index is 5.79. The summed E-state index contributed by atoms with van der Waals surface area (Å²) in [6, 6.07) is 8.11. The first-order valence-electron chi connectivity index (χ1n) is 7.56. The molecule has 3 rings (SSSR count). The third-order valence-electron chi connectivity index (χ3n) is 4.45. The average molecular weight is 299 g/mol. The minimum absolute atomic E-state index is 0.181. The Balaban J connectivity index is 2.10. The second-order valence-corrected chi connectivity index (χ2v) is 5.75. The Morgan fingerprint density at radius 1 is 0.909 bits per heavy atom. The Morgan fingerprint density at radius 3 is 2.05 bits per heavy atom. The highest BCUT2D eigenvalue weighted by molar-refractivity contribution is 5.40. The maximum absolute atomic E-state index is 5.79. The standard InChI is InChI=1S/C16H21N5O/c1-22-12-7-5-11(6-8-12)16(9-3-2-4-10-16)13-19-14(17)21-15(18)20-13/h5-8H,2-4,9-10H2,1H3,(H4,17,18,19,20,21). The van der Waals surface area contributed by atoms with Gasteiger partial charge < -0.3 is 16.2 Å². The molecule has 0 spiro atoms. The number of hydrogen-bond acceptors (Lipinski definition) is 6. The summed E-state index contributed by atoms with van der Waals surface area (Å²) in [7, 11) is 1.67. The lowest BCUT2D eigenvalue weighted by molar-refractivity contribution is 0.329. The van der Waals surface area contributed by atoms with E-state index in [-0.39, 0.29) is 17.3 Å². The van der Waals surface area contributed by atoms with Gasteiger partial charge in [0.1, 0.15) is 11.6 Å². The van der Waals surface area contributed by atoms with Gasteiger partial charge in [0, 0.05) is 0 Å². The van der Waals surface area contributed by atoms with Gasteiger partial charge in [0.2, 0.25) is 11.9 Å². The van der Waals surface area contributed by atoms with Crippen molar-refractivity contribution in [1.29, 1.82) is 0 Å². The van der Waals surface area contributed by atoms with Crippen LogP contribution in [0.5, 0.6) is 5.75 Å². The van der Waals surface area contributed by atoms with Crippen molar-refractivity contribution in [2.45, 2.75) is 37.5 Å². The number of nitrogens with zero attached hydrogens (tertiary/aromatic N) is 3. The first-order chi connectivity index (χ1) is 10.6. The molecule has 1 heterocycles. The normalized spacial score (nSPS) is 17.1. The summed E-state index contributed by atoms with van der Waals surface area (Å²) in [5.41, 5.74) is 12.5. The predicted molar refractivity (Wildman–Crippen MR) is 85.5 cm³/mol. The molecule has 1 saturated carbocycles. The van der Waals surface area contributed by atoms with E-state index in [2.05, 4.69) is 27.1 Å². The van der Waals surface area contributed by atoms with E-state index >= 15 is 0 Å². The van der Waals surface area contributed by atoms with Crippen molar-refractivity contribution in [3.8, 4) is 5.75 Å². The molecular weight excluding hydrogens is 278 g/mol. The van der Waals surface area contributed by atoms with E-state index in [9.17, 15) is 0 Å². The fourth-order valence-electron chi connectivity index (χ4n) is 3.33. The van der Waals surface area contributed by atoms with E-state index < -0.39 is 0 Å². The first kappa shape index (κ1) is 14.6. The quantitative estimate of drug-likeness (QED) is 0.902. The van der Waals surface area contributed by atoms with Crippen molar-refractivity contribution in [2.75, 3.05) is 18.6 Å². The van der Waals surface area contributed by atoms with Gasteiger partial charge in [0.25, 0.3) is 0 Å². The molecule has 2 aromatic rings. The van der Waals surface area contributed by atoms with Gasteiger partial charge in [-0.15, -0.1) is 0 Å². The Morgan fingerprint density at radius 2 is 1.50 bits per heavy atom. The van der Waals surface area contributed by atoms with Gasteiger partial charge in [-0.05, 0) is 30.5 Å². The van der Waals surface area contributed by atoms with Gasteiger partial charge in [-0.2, -0.15) is 15.0 Å². The van der Waals surface area contributed by atoms with E-state index in [4.69, 9.17) is 16.2 Å². The highest BCUT2D eigenvalue weighted by atomic mass is 16.5. The lowest BCUT2D eigenvalue weighted by Crippen LogP contribution is -2.33. The minimum atomic E-state index is -0.240. The van der Waals surface area contributed by atoms with Crippen LogP contribution >= 0.6 is 0 Å².